The largest absolute Gasteiger partial charge is 3.00 e. The molecule has 0 fully saturated rings. The van der Waals surface area contributed by atoms with Crippen LogP contribution in [0.2, 0.25) is 0 Å². The normalized spacial score (nSPS) is 14.1. The van der Waals surface area contributed by atoms with Crippen LogP contribution < -0.4 is 15.3 Å². The third-order valence-electron chi connectivity index (χ3n) is 5.22. The topological polar surface area (TPSA) is 120 Å². The molecule has 0 aliphatic carbocycles. The fraction of sp³-hybridized carbons (Fsp3) is 0.727. The maximum atomic E-state index is 11.4. The van der Waals surface area contributed by atoms with Crippen molar-refractivity contribution in [3.05, 3.63) is 35.5 Å². The summed E-state index contributed by atoms with van der Waals surface area (Å²) in [6, 6.07) is 0. The Morgan fingerprint density at radius 1 is 0.350 bits per heavy atom. The minimum atomic E-state index is -0.457. The second kappa shape index (κ2) is 16.5. The van der Waals surface area contributed by atoms with Gasteiger partial charge < -0.3 is 15.3 Å². The van der Waals surface area contributed by atoms with Crippen LogP contribution >= 0.6 is 0 Å². The Morgan fingerprint density at radius 2 is 0.475 bits per heavy atom. The van der Waals surface area contributed by atoms with E-state index < -0.39 is 32.5 Å². The summed E-state index contributed by atoms with van der Waals surface area (Å²) >= 11 is 0. The van der Waals surface area contributed by atoms with E-state index >= 15 is 0 Å². The Bertz CT molecular complexity index is 801. The van der Waals surface area contributed by atoms with Gasteiger partial charge in [0.25, 0.3) is 0 Å². The van der Waals surface area contributed by atoms with E-state index in [0.717, 1.165) is 0 Å². The predicted octanol–water partition coefficient (Wildman–Crippen LogP) is 5.68. The van der Waals surface area contributed by atoms with Crippen LogP contribution in [0.4, 0.5) is 0 Å². The number of allylic oxidation sites excluding steroid dienone is 6. The van der Waals surface area contributed by atoms with Gasteiger partial charge in [-0.05, 0) is 34.5 Å². The standard InChI is InChI=1S/3C11H20O2.Tb/c3*1-10(2,3)8(12)7-9(13)11(4,5)6;/h3*7,12H,1-6H3;/q;;;+3/p-3. The van der Waals surface area contributed by atoms with Crippen molar-refractivity contribution in [3.8, 4) is 0 Å². The van der Waals surface area contributed by atoms with E-state index in [1.807, 2.05) is 125 Å². The molecule has 0 unspecified atom stereocenters. The molecule has 6 nitrogen and oxygen atoms in total. The number of ketones is 3. The third kappa shape index (κ3) is 21.6. The summed E-state index contributed by atoms with van der Waals surface area (Å²) < 4.78 is 0. The van der Waals surface area contributed by atoms with Crippen molar-refractivity contribution in [3.63, 3.8) is 0 Å². The first kappa shape index (κ1) is 45.9. The maximum absolute atomic E-state index is 11.4. The van der Waals surface area contributed by atoms with Gasteiger partial charge in [0.15, 0.2) is 17.3 Å². The van der Waals surface area contributed by atoms with Crippen LogP contribution in [-0.4, -0.2) is 17.3 Å². The molecule has 0 saturated carbocycles. The van der Waals surface area contributed by atoms with Crippen LogP contribution in [-0.2, 0) is 14.4 Å². The molecule has 0 radical (unpaired) electrons. The van der Waals surface area contributed by atoms with Crippen molar-refractivity contribution >= 4 is 17.3 Å². The molecular weight excluding hydrogens is 651 g/mol. The molecule has 0 spiro atoms. The molecule has 0 aromatic heterocycles. The summed E-state index contributed by atoms with van der Waals surface area (Å²) in [4.78, 5) is 34.3. The first-order valence-corrected chi connectivity index (χ1v) is 13.5. The minimum Gasteiger partial charge on any atom is -0.875 e. The van der Waals surface area contributed by atoms with Crippen molar-refractivity contribution in [2.75, 3.05) is 0 Å². The van der Waals surface area contributed by atoms with Gasteiger partial charge >= 0.3 is 38.6 Å². The maximum Gasteiger partial charge on any atom is 3.00 e. The molecule has 0 bridgehead atoms. The van der Waals surface area contributed by atoms with Crippen molar-refractivity contribution < 1.29 is 68.3 Å². The van der Waals surface area contributed by atoms with E-state index in [0.29, 0.717) is 0 Å². The monoisotopic (exact) mass is 708 g/mol. The third-order valence-corrected chi connectivity index (χ3v) is 5.22. The van der Waals surface area contributed by atoms with Crippen LogP contribution in [0.25, 0.3) is 0 Å². The summed E-state index contributed by atoms with van der Waals surface area (Å²) in [6.07, 6.45) is 3.67. The molecule has 40 heavy (non-hydrogen) atoms. The zero-order chi connectivity index (χ0) is 32.6. The summed E-state index contributed by atoms with van der Waals surface area (Å²) in [7, 11) is 0. The summed E-state index contributed by atoms with van der Waals surface area (Å²) in [6.45, 7) is 32.5. The zero-order valence-corrected chi connectivity index (χ0v) is 30.7. The number of hydrogen-bond donors (Lipinski definition) is 0. The average Bonchev–Trinajstić information content (AvgIpc) is 2.64. The number of carbonyl (C=O) groups excluding carboxylic acids is 3. The molecular formula is C33H57O6Tb. The summed E-state index contributed by atoms with van der Waals surface area (Å²) in [5, 5.41) is 34.3. The minimum absolute atomic E-state index is 0. The van der Waals surface area contributed by atoms with Crippen molar-refractivity contribution in [1.82, 2.24) is 0 Å². The van der Waals surface area contributed by atoms with Gasteiger partial charge in [0.05, 0.1) is 0 Å². The zero-order valence-electron chi connectivity index (χ0n) is 28.5. The molecule has 0 atom stereocenters. The van der Waals surface area contributed by atoms with E-state index in [1.165, 1.54) is 18.2 Å². The van der Waals surface area contributed by atoms with E-state index in [-0.39, 0.29) is 73.2 Å². The predicted molar refractivity (Wildman–Crippen MR) is 156 cm³/mol. The average molecular weight is 709 g/mol. The Kier molecular flexibility index (Phi) is 19.0. The Labute approximate surface area is 276 Å². The molecule has 234 valence electrons. The molecule has 0 rings (SSSR count). The molecule has 0 amide bonds. The van der Waals surface area contributed by atoms with E-state index in [4.69, 9.17) is 0 Å². The van der Waals surface area contributed by atoms with Crippen LogP contribution in [0.3, 0.4) is 0 Å². The van der Waals surface area contributed by atoms with Gasteiger partial charge in [-0.2, -0.15) is 0 Å². The molecule has 7 heteroatoms. The number of carbonyl (C=O) groups is 3. The smallest absolute Gasteiger partial charge is 0.875 e. The fourth-order valence-electron chi connectivity index (χ4n) is 1.66. The second-order valence-electron chi connectivity index (χ2n) is 16.1. The molecule has 0 aliphatic heterocycles. The van der Waals surface area contributed by atoms with Crippen molar-refractivity contribution in [2.24, 2.45) is 32.5 Å². The Balaban J connectivity index is -0.000000240. The number of hydrogen-bond acceptors (Lipinski definition) is 6. The molecule has 0 heterocycles. The molecule has 0 aromatic rings. The van der Waals surface area contributed by atoms with Crippen LogP contribution in [0.5, 0.6) is 0 Å². The first-order chi connectivity index (χ1) is 16.6. The summed E-state index contributed by atoms with van der Waals surface area (Å²) in [5.41, 5.74) is -2.74. The van der Waals surface area contributed by atoms with Crippen LogP contribution in [0.15, 0.2) is 35.5 Å². The summed E-state index contributed by atoms with van der Waals surface area (Å²) in [5.74, 6) is -0.625. The Morgan fingerprint density at radius 3 is 0.550 bits per heavy atom. The Hall–Kier alpha value is -1.08. The molecule has 0 aliphatic rings. The van der Waals surface area contributed by atoms with Gasteiger partial charge in [0, 0.05) is 16.2 Å². The van der Waals surface area contributed by atoms with E-state index in [9.17, 15) is 29.7 Å². The van der Waals surface area contributed by atoms with E-state index in [2.05, 4.69) is 0 Å². The second-order valence-corrected chi connectivity index (χ2v) is 16.1. The van der Waals surface area contributed by atoms with Crippen molar-refractivity contribution in [2.45, 2.75) is 125 Å². The molecule has 0 N–H and O–H groups in total. The molecule has 0 aromatic carbocycles. The van der Waals surface area contributed by atoms with Crippen LogP contribution in [0, 0.1) is 71.1 Å². The first-order valence-electron chi connectivity index (χ1n) is 13.5. The van der Waals surface area contributed by atoms with Gasteiger partial charge in [0.1, 0.15) is 0 Å². The van der Waals surface area contributed by atoms with Gasteiger partial charge in [-0.1, -0.05) is 125 Å². The SMILES string of the molecule is CC(C)(C)C(=O)C=C([O-])C(C)(C)C.CC(C)(C)C(=O)C=C([O-])C(C)(C)C.CC(C)(C)C(=O)C=C([O-])C(C)(C)C.[Tb+3]. The van der Waals surface area contributed by atoms with Gasteiger partial charge in [-0.15, -0.1) is 17.3 Å². The van der Waals surface area contributed by atoms with Gasteiger partial charge in [-0.25, -0.2) is 0 Å². The van der Waals surface area contributed by atoms with Gasteiger partial charge in [0.2, 0.25) is 0 Å². The number of rotatable bonds is 3. The fourth-order valence-corrected chi connectivity index (χ4v) is 1.66. The van der Waals surface area contributed by atoms with E-state index in [1.54, 1.807) is 0 Å². The van der Waals surface area contributed by atoms with Gasteiger partial charge in [-0.3, -0.25) is 14.4 Å². The quantitative estimate of drug-likeness (QED) is 0.275. The molecule has 0 saturated heterocycles. The van der Waals surface area contributed by atoms with Crippen LogP contribution in [0.1, 0.15) is 125 Å². The van der Waals surface area contributed by atoms with Crippen molar-refractivity contribution in [1.29, 1.82) is 0 Å².